The Morgan fingerprint density at radius 3 is 2.55 bits per heavy atom. The van der Waals surface area contributed by atoms with Gasteiger partial charge in [0.1, 0.15) is 0 Å². The van der Waals surface area contributed by atoms with E-state index in [1.807, 2.05) is 55.5 Å². The summed E-state index contributed by atoms with van der Waals surface area (Å²) < 4.78 is 0. The lowest BCUT2D eigenvalue weighted by Gasteiger charge is -2.28. The third-order valence-electron chi connectivity index (χ3n) is 4.05. The van der Waals surface area contributed by atoms with Crippen molar-refractivity contribution in [1.82, 2.24) is 0 Å². The van der Waals surface area contributed by atoms with Crippen LogP contribution in [-0.2, 0) is 9.59 Å². The van der Waals surface area contributed by atoms with Crippen LogP contribution in [0.4, 0.5) is 11.4 Å². The number of anilines is 2. The van der Waals surface area contributed by atoms with E-state index in [0.29, 0.717) is 0 Å². The number of rotatable bonds is 2. The summed E-state index contributed by atoms with van der Waals surface area (Å²) in [7, 11) is 1.75. The predicted molar refractivity (Wildman–Crippen MR) is 87.0 cm³/mol. The summed E-state index contributed by atoms with van der Waals surface area (Å²) >= 11 is 0. The van der Waals surface area contributed by atoms with Crippen LogP contribution in [0.2, 0.25) is 0 Å². The van der Waals surface area contributed by atoms with Gasteiger partial charge in [-0.2, -0.15) is 0 Å². The van der Waals surface area contributed by atoms with Crippen LogP contribution in [0.25, 0.3) is 0 Å². The molecule has 22 heavy (non-hydrogen) atoms. The predicted octanol–water partition coefficient (Wildman–Crippen LogP) is 3.08. The molecule has 4 nitrogen and oxygen atoms in total. The largest absolute Gasteiger partial charge is 0.326 e. The molecule has 112 valence electrons. The zero-order valence-electron chi connectivity index (χ0n) is 12.7. The molecule has 1 atom stereocenters. The highest BCUT2D eigenvalue weighted by molar-refractivity contribution is 6.05. The fourth-order valence-corrected chi connectivity index (χ4v) is 2.76. The van der Waals surface area contributed by atoms with Gasteiger partial charge >= 0.3 is 0 Å². The van der Waals surface area contributed by atoms with Gasteiger partial charge in [0.15, 0.2) is 0 Å². The van der Waals surface area contributed by atoms with Crippen LogP contribution >= 0.6 is 0 Å². The molecule has 2 aromatic rings. The molecular weight excluding hydrogens is 276 g/mol. The third kappa shape index (κ3) is 2.60. The number of fused-ring (bicyclic) bond motifs is 1. The summed E-state index contributed by atoms with van der Waals surface area (Å²) in [5, 5.41) is 2.82. The van der Waals surface area contributed by atoms with Crippen LogP contribution in [0.5, 0.6) is 0 Å². The average molecular weight is 294 g/mol. The van der Waals surface area contributed by atoms with Gasteiger partial charge < -0.3 is 10.2 Å². The topological polar surface area (TPSA) is 49.4 Å². The number of hydrogen-bond acceptors (Lipinski definition) is 2. The molecule has 0 aliphatic carbocycles. The van der Waals surface area contributed by atoms with Crippen molar-refractivity contribution in [2.24, 2.45) is 0 Å². The number of likely N-dealkylation sites (N-methyl/N-ethyl adjacent to an activating group) is 1. The summed E-state index contributed by atoms with van der Waals surface area (Å²) in [4.78, 5) is 26.3. The Morgan fingerprint density at radius 1 is 1.14 bits per heavy atom. The van der Waals surface area contributed by atoms with Gasteiger partial charge in [-0.1, -0.05) is 35.9 Å². The quantitative estimate of drug-likeness (QED) is 0.925. The second-order valence-electron chi connectivity index (χ2n) is 5.62. The van der Waals surface area contributed by atoms with E-state index in [4.69, 9.17) is 0 Å². The monoisotopic (exact) mass is 294 g/mol. The third-order valence-corrected chi connectivity index (χ3v) is 4.05. The van der Waals surface area contributed by atoms with Crippen molar-refractivity contribution in [1.29, 1.82) is 0 Å². The molecule has 0 saturated carbocycles. The highest BCUT2D eigenvalue weighted by Gasteiger charge is 2.32. The van der Waals surface area contributed by atoms with Crippen molar-refractivity contribution in [2.45, 2.75) is 19.3 Å². The molecule has 0 bridgehead atoms. The maximum absolute atomic E-state index is 12.8. The molecule has 1 aliphatic rings. The molecule has 4 heteroatoms. The van der Waals surface area contributed by atoms with Gasteiger partial charge in [-0.05, 0) is 30.7 Å². The van der Waals surface area contributed by atoms with Crippen molar-refractivity contribution in [3.05, 3.63) is 59.7 Å². The van der Waals surface area contributed by atoms with E-state index >= 15 is 0 Å². The average Bonchev–Trinajstić information content (AvgIpc) is 2.53. The van der Waals surface area contributed by atoms with Crippen LogP contribution in [-0.4, -0.2) is 18.9 Å². The number of aryl methyl sites for hydroxylation is 1. The van der Waals surface area contributed by atoms with Crippen molar-refractivity contribution in [3.63, 3.8) is 0 Å². The van der Waals surface area contributed by atoms with Crippen LogP contribution in [0.1, 0.15) is 23.5 Å². The van der Waals surface area contributed by atoms with Crippen LogP contribution < -0.4 is 10.2 Å². The van der Waals surface area contributed by atoms with E-state index < -0.39 is 5.92 Å². The molecule has 2 amide bonds. The first kappa shape index (κ1) is 14.3. The summed E-state index contributed by atoms with van der Waals surface area (Å²) in [5.74, 6) is -0.614. The summed E-state index contributed by atoms with van der Waals surface area (Å²) in [6.45, 7) is 2.01. The van der Waals surface area contributed by atoms with Gasteiger partial charge in [0, 0.05) is 24.8 Å². The molecule has 1 heterocycles. The highest BCUT2D eigenvalue weighted by atomic mass is 16.2. The zero-order valence-corrected chi connectivity index (χ0v) is 12.7. The van der Waals surface area contributed by atoms with Crippen molar-refractivity contribution < 1.29 is 9.59 Å². The van der Waals surface area contributed by atoms with E-state index in [2.05, 4.69) is 5.32 Å². The molecule has 1 N–H and O–H groups in total. The summed E-state index contributed by atoms with van der Waals surface area (Å²) in [6.07, 6.45) is 0.187. The van der Waals surface area contributed by atoms with Crippen LogP contribution in [0.3, 0.4) is 0 Å². The number of amides is 2. The van der Waals surface area contributed by atoms with Crippen LogP contribution in [0, 0.1) is 6.92 Å². The van der Waals surface area contributed by atoms with Crippen molar-refractivity contribution in [3.8, 4) is 0 Å². The molecule has 0 aromatic heterocycles. The lowest BCUT2D eigenvalue weighted by molar-refractivity contribution is -0.124. The summed E-state index contributed by atoms with van der Waals surface area (Å²) in [5.41, 5.74) is 3.59. The first-order valence-electron chi connectivity index (χ1n) is 7.29. The number of carbonyl (C=O) groups is 2. The Balaban J connectivity index is 1.91. The SMILES string of the molecule is Cc1ccc(N(C)C(=O)[C@@H]2CC(=O)Nc3ccccc32)cc1. The second kappa shape index (κ2) is 5.64. The van der Waals surface area contributed by atoms with Crippen LogP contribution in [0.15, 0.2) is 48.5 Å². The van der Waals surface area contributed by atoms with E-state index in [0.717, 1.165) is 22.5 Å². The summed E-state index contributed by atoms with van der Waals surface area (Å²) in [6, 6.07) is 15.3. The van der Waals surface area contributed by atoms with Crippen molar-refractivity contribution >= 4 is 23.2 Å². The Morgan fingerprint density at radius 2 is 1.82 bits per heavy atom. The maximum Gasteiger partial charge on any atom is 0.234 e. The number of benzene rings is 2. The second-order valence-corrected chi connectivity index (χ2v) is 5.62. The molecule has 0 unspecified atom stereocenters. The smallest absolute Gasteiger partial charge is 0.234 e. The minimum atomic E-state index is -0.434. The number of para-hydroxylation sites is 1. The number of nitrogens with one attached hydrogen (secondary N) is 1. The first-order chi connectivity index (χ1) is 10.6. The first-order valence-corrected chi connectivity index (χ1v) is 7.29. The number of hydrogen-bond donors (Lipinski definition) is 1. The molecule has 3 rings (SSSR count). The van der Waals surface area contributed by atoms with Gasteiger partial charge in [0.05, 0.1) is 5.92 Å². The fourth-order valence-electron chi connectivity index (χ4n) is 2.76. The van der Waals surface area contributed by atoms with Gasteiger partial charge in [-0.15, -0.1) is 0 Å². The minimum absolute atomic E-state index is 0.0637. The van der Waals surface area contributed by atoms with E-state index in [1.165, 1.54) is 0 Å². The Labute approximate surface area is 129 Å². The normalized spacial score (nSPS) is 16.6. The van der Waals surface area contributed by atoms with Gasteiger partial charge in [0.2, 0.25) is 11.8 Å². The number of carbonyl (C=O) groups excluding carboxylic acids is 2. The van der Waals surface area contributed by atoms with Gasteiger partial charge in [-0.3, -0.25) is 9.59 Å². The Hall–Kier alpha value is -2.62. The van der Waals surface area contributed by atoms with Crippen molar-refractivity contribution in [2.75, 3.05) is 17.3 Å². The van der Waals surface area contributed by atoms with E-state index in [1.54, 1.807) is 11.9 Å². The van der Waals surface area contributed by atoms with E-state index in [9.17, 15) is 9.59 Å². The van der Waals surface area contributed by atoms with Gasteiger partial charge in [0.25, 0.3) is 0 Å². The van der Waals surface area contributed by atoms with Gasteiger partial charge in [-0.25, -0.2) is 0 Å². The molecule has 0 saturated heterocycles. The standard InChI is InChI=1S/C18H18N2O2/c1-12-7-9-13(10-8-12)20(2)18(22)15-11-17(21)19-16-6-4-3-5-14(15)16/h3-10,15H,11H2,1-2H3,(H,19,21)/t15-/m1/s1. The molecule has 2 aromatic carbocycles. The number of nitrogens with zero attached hydrogens (tertiary/aromatic N) is 1. The molecule has 0 spiro atoms. The highest BCUT2D eigenvalue weighted by Crippen LogP contribution is 2.34. The molecule has 0 fully saturated rings. The fraction of sp³-hybridized carbons (Fsp3) is 0.222. The Bertz CT molecular complexity index is 722. The lowest BCUT2D eigenvalue weighted by Crippen LogP contribution is -2.36. The Kier molecular flexibility index (Phi) is 3.67. The molecular formula is C18H18N2O2. The zero-order chi connectivity index (χ0) is 15.7. The lowest BCUT2D eigenvalue weighted by atomic mass is 9.89. The molecule has 0 radical (unpaired) electrons. The maximum atomic E-state index is 12.8. The molecule has 1 aliphatic heterocycles. The van der Waals surface area contributed by atoms with E-state index in [-0.39, 0.29) is 18.2 Å². The minimum Gasteiger partial charge on any atom is -0.326 e.